The summed E-state index contributed by atoms with van der Waals surface area (Å²) in [6, 6.07) is 0. The van der Waals surface area contributed by atoms with Gasteiger partial charge in [-0.05, 0) is 87.1 Å². The lowest BCUT2D eigenvalue weighted by Gasteiger charge is -2.60. The summed E-state index contributed by atoms with van der Waals surface area (Å²) in [6.45, 7) is 6.77. The first-order valence-electron chi connectivity index (χ1n) is 11.9. The van der Waals surface area contributed by atoms with Crippen LogP contribution in [0.3, 0.4) is 0 Å². The molecule has 0 radical (unpaired) electrons. The SMILES string of the molecule is C[C@]12CC/C(=C\CC3CNC3)CC1[C@@H](CO)C(=O)[C@@H]1[C@@H]2CC[C@]2(C)C(=O)CC[C@@H]12. The topological polar surface area (TPSA) is 66.4 Å². The maximum atomic E-state index is 13.7. The van der Waals surface area contributed by atoms with E-state index in [2.05, 4.69) is 25.2 Å². The maximum Gasteiger partial charge on any atom is 0.142 e. The average Bonchev–Trinajstić information content (AvgIpc) is 2.97. The molecule has 0 spiro atoms. The Morgan fingerprint density at radius 2 is 1.86 bits per heavy atom. The molecule has 0 aromatic carbocycles. The zero-order chi connectivity index (χ0) is 20.4. The van der Waals surface area contributed by atoms with Gasteiger partial charge in [0, 0.05) is 23.7 Å². The second-order valence-electron chi connectivity index (χ2n) is 11.3. The Kier molecular flexibility index (Phi) is 4.82. The van der Waals surface area contributed by atoms with Gasteiger partial charge in [0.05, 0.1) is 6.61 Å². The minimum atomic E-state index is -0.295. The number of hydrogen-bond donors (Lipinski definition) is 2. The molecule has 4 nitrogen and oxygen atoms in total. The highest BCUT2D eigenvalue weighted by molar-refractivity contribution is 5.91. The molecule has 160 valence electrons. The molecule has 5 fully saturated rings. The van der Waals surface area contributed by atoms with Crippen LogP contribution in [0.2, 0.25) is 0 Å². The Labute approximate surface area is 174 Å². The Bertz CT molecular complexity index is 740. The lowest BCUT2D eigenvalue weighted by molar-refractivity contribution is -0.167. The number of hydrogen-bond acceptors (Lipinski definition) is 4. The first-order chi connectivity index (χ1) is 13.9. The number of fused-ring (bicyclic) bond motifs is 5. The molecule has 1 aliphatic heterocycles. The summed E-state index contributed by atoms with van der Waals surface area (Å²) in [6.07, 6.45) is 10.3. The molecule has 0 bridgehead atoms. The second-order valence-corrected chi connectivity index (χ2v) is 11.3. The third-order valence-corrected chi connectivity index (χ3v) is 10.1. The van der Waals surface area contributed by atoms with Gasteiger partial charge in [-0.1, -0.05) is 25.5 Å². The number of carbonyl (C=O) groups excluding carboxylic acids is 2. The molecule has 1 heterocycles. The number of carbonyl (C=O) groups is 2. The fourth-order valence-corrected chi connectivity index (χ4v) is 8.04. The number of aliphatic hydroxyl groups excluding tert-OH is 1. The zero-order valence-electron chi connectivity index (χ0n) is 18.1. The van der Waals surface area contributed by atoms with E-state index in [9.17, 15) is 14.7 Å². The summed E-state index contributed by atoms with van der Waals surface area (Å²) in [5, 5.41) is 13.6. The van der Waals surface area contributed by atoms with Crippen LogP contribution in [0.4, 0.5) is 0 Å². The van der Waals surface area contributed by atoms with Crippen molar-refractivity contribution in [2.75, 3.05) is 19.7 Å². The van der Waals surface area contributed by atoms with Gasteiger partial charge >= 0.3 is 0 Å². The third kappa shape index (κ3) is 2.85. The van der Waals surface area contributed by atoms with Crippen molar-refractivity contribution in [2.45, 2.75) is 65.2 Å². The van der Waals surface area contributed by atoms with Crippen molar-refractivity contribution >= 4 is 11.6 Å². The highest BCUT2D eigenvalue weighted by Gasteiger charge is 2.64. The summed E-state index contributed by atoms with van der Waals surface area (Å²) in [5.74, 6) is 2.05. The van der Waals surface area contributed by atoms with E-state index in [0.717, 1.165) is 64.0 Å². The van der Waals surface area contributed by atoms with Crippen molar-refractivity contribution < 1.29 is 14.7 Å². The molecule has 4 heteroatoms. The fraction of sp³-hybridized carbons (Fsp3) is 0.840. The van der Waals surface area contributed by atoms with Crippen molar-refractivity contribution in [1.29, 1.82) is 0 Å². The smallest absolute Gasteiger partial charge is 0.142 e. The molecule has 4 saturated carbocycles. The molecular formula is C25H37NO3. The van der Waals surface area contributed by atoms with E-state index >= 15 is 0 Å². The summed E-state index contributed by atoms with van der Waals surface area (Å²) in [7, 11) is 0. The molecule has 5 rings (SSSR count). The molecule has 0 amide bonds. The second kappa shape index (κ2) is 7.02. The summed E-state index contributed by atoms with van der Waals surface area (Å²) < 4.78 is 0. The predicted molar refractivity (Wildman–Crippen MR) is 112 cm³/mol. The zero-order valence-corrected chi connectivity index (χ0v) is 18.1. The molecule has 0 aromatic heterocycles. The number of Topliss-reactive ketones (excluding diaryl/α,β-unsaturated/α-hetero) is 2. The van der Waals surface area contributed by atoms with E-state index < -0.39 is 0 Å². The van der Waals surface area contributed by atoms with E-state index in [1.165, 1.54) is 5.57 Å². The number of aliphatic hydroxyl groups is 1. The van der Waals surface area contributed by atoms with Crippen molar-refractivity contribution in [3.63, 3.8) is 0 Å². The minimum absolute atomic E-state index is 0.00909. The molecule has 0 aromatic rings. The summed E-state index contributed by atoms with van der Waals surface area (Å²) in [5.41, 5.74) is 1.34. The van der Waals surface area contributed by atoms with Crippen LogP contribution in [0.1, 0.15) is 65.2 Å². The van der Waals surface area contributed by atoms with Crippen LogP contribution in [0.15, 0.2) is 11.6 Å². The largest absolute Gasteiger partial charge is 0.396 e. The highest BCUT2D eigenvalue weighted by atomic mass is 16.3. The Hall–Kier alpha value is -1.00. The quantitative estimate of drug-likeness (QED) is 0.713. The van der Waals surface area contributed by atoms with Crippen molar-refractivity contribution in [3.05, 3.63) is 11.6 Å². The molecule has 5 aliphatic rings. The normalized spacial score (nSPS) is 48.8. The predicted octanol–water partition coefficient (Wildman–Crippen LogP) is 3.53. The van der Waals surface area contributed by atoms with Crippen LogP contribution in [0.25, 0.3) is 0 Å². The van der Waals surface area contributed by atoms with Gasteiger partial charge in [-0.2, -0.15) is 0 Å². The number of rotatable bonds is 3. The van der Waals surface area contributed by atoms with Gasteiger partial charge < -0.3 is 10.4 Å². The molecule has 7 atom stereocenters. The van der Waals surface area contributed by atoms with Gasteiger partial charge in [0.2, 0.25) is 0 Å². The van der Waals surface area contributed by atoms with E-state index in [4.69, 9.17) is 0 Å². The summed E-state index contributed by atoms with van der Waals surface area (Å²) >= 11 is 0. The van der Waals surface area contributed by atoms with Gasteiger partial charge in [0.25, 0.3) is 0 Å². The Balaban J connectivity index is 1.44. The van der Waals surface area contributed by atoms with E-state index in [1.807, 2.05) is 0 Å². The Morgan fingerprint density at radius 1 is 1.07 bits per heavy atom. The van der Waals surface area contributed by atoms with E-state index in [1.54, 1.807) is 0 Å². The van der Waals surface area contributed by atoms with E-state index in [0.29, 0.717) is 18.1 Å². The van der Waals surface area contributed by atoms with Crippen molar-refractivity contribution in [2.24, 2.45) is 46.3 Å². The third-order valence-electron chi connectivity index (χ3n) is 10.1. The van der Waals surface area contributed by atoms with Crippen LogP contribution < -0.4 is 5.32 Å². The van der Waals surface area contributed by atoms with Crippen LogP contribution in [-0.4, -0.2) is 36.4 Å². The monoisotopic (exact) mass is 399 g/mol. The van der Waals surface area contributed by atoms with Crippen LogP contribution in [0, 0.1) is 46.3 Å². The van der Waals surface area contributed by atoms with Gasteiger partial charge in [0.15, 0.2) is 0 Å². The molecular weight excluding hydrogens is 362 g/mol. The van der Waals surface area contributed by atoms with E-state index in [-0.39, 0.29) is 46.9 Å². The molecule has 1 unspecified atom stereocenters. The lowest BCUT2D eigenvalue weighted by Crippen LogP contribution is -2.60. The summed E-state index contributed by atoms with van der Waals surface area (Å²) in [4.78, 5) is 26.4. The van der Waals surface area contributed by atoms with Crippen LogP contribution >= 0.6 is 0 Å². The van der Waals surface area contributed by atoms with Gasteiger partial charge in [-0.3, -0.25) is 9.59 Å². The minimum Gasteiger partial charge on any atom is -0.396 e. The molecule has 29 heavy (non-hydrogen) atoms. The fourth-order valence-electron chi connectivity index (χ4n) is 8.04. The standard InChI is InChI=1S/C25H37NO3/c1-24-9-7-15(3-4-16-12-26-13-16)11-20(24)17(14-27)23(29)22-18-5-6-21(28)25(18,2)10-8-19(22)24/h3,16-20,22,26-27H,4-14H2,1-2H3/b15-3+/t17-,18+,19+,20?,22+,24-,25+/m1/s1. The van der Waals surface area contributed by atoms with Crippen LogP contribution in [0.5, 0.6) is 0 Å². The average molecular weight is 400 g/mol. The lowest BCUT2D eigenvalue weighted by atomic mass is 9.42. The number of ketones is 2. The highest BCUT2D eigenvalue weighted by Crippen LogP contribution is 2.66. The molecule has 4 aliphatic carbocycles. The molecule has 1 saturated heterocycles. The van der Waals surface area contributed by atoms with Gasteiger partial charge in [-0.25, -0.2) is 0 Å². The van der Waals surface area contributed by atoms with Crippen molar-refractivity contribution in [1.82, 2.24) is 5.32 Å². The van der Waals surface area contributed by atoms with Crippen LogP contribution in [-0.2, 0) is 9.59 Å². The first kappa shape index (κ1) is 19.9. The number of allylic oxidation sites excluding steroid dienone is 2. The van der Waals surface area contributed by atoms with Gasteiger partial charge in [-0.15, -0.1) is 0 Å². The molecule has 2 N–H and O–H groups in total. The maximum absolute atomic E-state index is 13.7. The van der Waals surface area contributed by atoms with Crippen molar-refractivity contribution in [3.8, 4) is 0 Å². The van der Waals surface area contributed by atoms with Gasteiger partial charge in [0.1, 0.15) is 11.6 Å². The Morgan fingerprint density at radius 3 is 2.55 bits per heavy atom. The first-order valence-corrected chi connectivity index (χ1v) is 11.9. The number of nitrogens with one attached hydrogen (secondary N) is 1.